The van der Waals surface area contributed by atoms with Crippen LogP contribution in [0.15, 0.2) is 53.7 Å². The van der Waals surface area contributed by atoms with E-state index >= 15 is 0 Å². The fourth-order valence-corrected chi connectivity index (χ4v) is 2.95. The molecule has 0 aliphatic carbocycles. The third-order valence-electron chi connectivity index (χ3n) is 3.15. The van der Waals surface area contributed by atoms with Gasteiger partial charge in [-0.1, -0.05) is 25.1 Å². The SMILES string of the molecule is CCNC(C)c1ccn(CCSc2ccccc2)c1. The van der Waals surface area contributed by atoms with Crippen molar-refractivity contribution in [3.8, 4) is 0 Å². The van der Waals surface area contributed by atoms with Crippen LogP contribution >= 0.6 is 11.8 Å². The van der Waals surface area contributed by atoms with Gasteiger partial charge in [0, 0.05) is 35.6 Å². The van der Waals surface area contributed by atoms with E-state index in [-0.39, 0.29) is 0 Å². The first-order valence-corrected chi connectivity index (χ1v) is 7.85. The van der Waals surface area contributed by atoms with Gasteiger partial charge >= 0.3 is 0 Å². The lowest BCUT2D eigenvalue weighted by Gasteiger charge is -2.09. The Kier molecular flexibility index (Phi) is 5.55. The summed E-state index contributed by atoms with van der Waals surface area (Å²) in [6.07, 6.45) is 4.42. The maximum Gasteiger partial charge on any atom is 0.0314 e. The number of hydrogen-bond acceptors (Lipinski definition) is 2. The van der Waals surface area contributed by atoms with E-state index in [0.29, 0.717) is 6.04 Å². The van der Waals surface area contributed by atoms with Gasteiger partial charge in [-0.2, -0.15) is 0 Å². The Bertz CT molecular complexity index is 479. The third-order valence-corrected chi connectivity index (χ3v) is 4.14. The minimum absolute atomic E-state index is 0.438. The summed E-state index contributed by atoms with van der Waals surface area (Å²) in [5.74, 6) is 1.10. The van der Waals surface area contributed by atoms with Crippen molar-refractivity contribution < 1.29 is 0 Å². The molecule has 1 unspecified atom stereocenters. The molecule has 0 aliphatic heterocycles. The van der Waals surface area contributed by atoms with Crippen LogP contribution in [-0.2, 0) is 6.54 Å². The quantitative estimate of drug-likeness (QED) is 0.770. The molecule has 19 heavy (non-hydrogen) atoms. The molecule has 102 valence electrons. The number of rotatable bonds is 7. The van der Waals surface area contributed by atoms with Crippen molar-refractivity contribution in [2.75, 3.05) is 12.3 Å². The van der Waals surface area contributed by atoms with Gasteiger partial charge in [0.25, 0.3) is 0 Å². The van der Waals surface area contributed by atoms with Gasteiger partial charge in [0.05, 0.1) is 0 Å². The summed E-state index contributed by atoms with van der Waals surface area (Å²) < 4.78 is 2.28. The average Bonchev–Trinajstić information content (AvgIpc) is 2.89. The molecule has 2 nitrogen and oxygen atoms in total. The molecule has 1 aromatic heterocycles. The van der Waals surface area contributed by atoms with Crippen LogP contribution in [0.1, 0.15) is 25.5 Å². The smallest absolute Gasteiger partial charge is 0.0314 e. The second kappa shape index (κ2) is 7.41. The van der Waals surface area contributed by atoms with Crippen LogP contribution < -0.4 is 5.32 Å². The fourth-order valence-electron chi connectivity index (χ4n) is 2.06. The third kappa shape index (κ3) is 4.44. The fraction of sp³-hybridized carbons (Fsp3) is 0.375. The molecule has 0 radical (unpaired) electrons. The van der Waals surface area contributed by atoms with Crippen molar-refractivity contribution in [2.45, 2.75) is 31.3 Å². The van der Waals surface area contributed by atoms with Gasteiger partial charge in [0.1, 0.15) is 0 Å². The van der Waals surface area contributed by atoms with E-state index < -0.39 is 0 Å². The summed E-state index contributed by atoms with van der Waals surface area (Å²) in [6.45, 7) is 6.42. The molecular weight excluding hydrogens is 252 g/mol. The number of aryl methyl sites for hydroxylation is 1. The Hall–Kier alpha value is -1.19. The van der Waals surface area contributed by atoms with E-state index in [1.54, 1.807) is 0 Å². The minimum Gasteiger partial charge on any atom is -0.353 e. The highest BCUT2D eigenvalue weighted by Gasteiger charge is 2.05. The number of hydrogen-bond donors (Lipinski definition) is 1. The number of benzene rings is 1. The Balaban J connectivity index is 1.80. The van der Waals surface area contributed by atoms with E-state index in [4.69, 9.17) is 0 Å². The first-order chi connectivity index (χ1) is 9.29. The van der Waals surface area contributed by atoms with E-state index in [9.17, 15) is 0 Å². The Morgan fingerprint density at radius 1 is 1.21 bits per heavy atom. The topological polar surface area (TPSA) is 17.0 Å². The largest absolute Gasteiger partial charge is 0.353 e. The van der Waals surface area contributed by atoms with Crippen molar-refractivity contribution in [1.29, 1.82) is 0 Å². The zero-order chi connectivity index (χ0) is 13.5. The van der Waals surface area contributed by atoms with Gasteiger partial charge in [-0.05, 0) is 37.2 Å². The molecule has 0 amide bonds. The minimum atomic E-state index is 0.438. The number of thioether (sulfide) groups is 1. The predicted octanol–water partition coefficient (Wildman–Crippen LogP) is 3.95. The second-order valence-electron chi connectivity index (χ2n) is 4.62. The standard InChI is InChI=1S/C16H22N2S/c1-3-17-14(2)15-9-10-18(13-15)11-12-19-16-7-5-4-6-8-16/h4-10,13-14,17H,3,11-12H2,1-2H3. The summed E-state index contributed by atoms with van der Waals surface area (Å²) in [5, 5.41) is 3.44. The van der Waals surface area contributed by atoms with E-state index in [2.05, 4.69) is 72.5 Å². The summed E-state index contributed by atoms with van der Waals surface area (Å²) in [7, 11) is 0. The van der Waals surface area contributed by atoms with Gasteiger partial charge < -0.3 is 9.88 Å². The zero-order valence-electron chi connectivity index (χ0n) is 11.7. The average molecular weight is 274 g/mol. The van der Waals surface area contributed by atoms with Crippen LogP contribution in [0.2, 0.25) is 0 Å². The Morgan fingerprint density at radius 3 is 2.74 bits per heavy atom. The maximum absolute atomic E-state index is 3.44. The molecule has 1 atom stereocenters. The Morgan fingerprint density at radius 2 is 2.00 bits per heavy atom. The molecule has 0 spiro atoms. The predicted molar refractivity (Wildman–Crippen MR) is 83.7 cm³/mol. The molecule has 0 fully saturated rings. The van der Waals surface area contributed by atoms with Crippen molar-refractivity contribution in [1.82, 2.24) is 9.88 Å². The molecule has 2 rings (SSSR count). The normalized spacial score (nSPS) is 12.5. The highest BCUT2D eigenvalue weighted by molar-refractivity contribution is 7.99. The van der Waals surface area contributed by atoms with Crippen molar-refractivity contribution >= 4 is 11.8 Å². The lowest BCUT2D eigenvalue weighted by molar-refractivity contribution is 0.596. The summed E-state index contributed by atoms with van der Waals surface area (Å²) >= 11 is 1.91. The molecule has 1 N–H and O–H groups in total. The zero-order valence-corrected chi connectivity index (χ0v) is 12.5. The van der Waals surface area contributed by atoms with Crippen LogP contribution in [-0.4, -0.2) is 16.9 Å². The molecule has 1 aromatic carbocycles. The maximum atomic E-state index is 3.44. The van der Waals surface area contributed by atoms with Crippen molar-refractivity contribution in [2.24, 2.45) is 0 Å². The molecule has 0 bridgehead atoms. The molecule has 0 saturated heterocycles. The van der Waals surface area contributed by atoms with Gasteiger partial charge in [-0.15, -0.1) is 11.8 Å². The molecule has 2 aromatic rings. The van der Waals surface area contributed by atoms with Crippen LogP contribution in [0.5, 0.6) is 0 Å². The van der Waals surface area contributed by atoms with Gasteiger partial charge in [-0.25, -0.2) is 0 Å². The highest BCUT2D eigenvalue weighted by Crippen LogP contribution is 2.18. The summed E-state index contributed by atoms with van der Waals surface area (Å²) in [4.78, 5) is 1.34. The Labute approximate surface area is 120 Å². The van der Waals surface area contributed by atoms with Crippen molar-refractivity contribution in [3.05, 3.63) is 54.4 Å². The van der Waals surface area contributed by atoms with Crippen LogP contribution in [0, 0.1) is 0 Å². The molecule has 0 saturated carbocycles. The first-order valence-electron chi connectivity index (χ1n) is 6.86. The molecular formula is C16H22N2S. The molecule has 1 heterocycles. The number of aromatic nitrogens is 1. The first kappa shape index (κ1) is 14.2. The lowest BCUT2D eigenvalue weighted by atomic mass is 10.2. The summed E-state index contributed by atoms with van der Waals surface area (Å²) in [6, 6.07) is 13.2. The van der Waals surface area contributed by atoms with Crippen LogP contribution in [0.4, 0.5) is 0 Å². The van der Waals surface area contributed by atoms with Gasteiger partial charge in [-0.3, -0.25) is 0 Å². The van der Waals surface area contributed by atoms with E-state index in [0.717, 1.165) is 18.8 Å². The molecule has 0 aliphatic rings. The second-order valence-corrected chi connectivity index (χ2v) is 5.79. The number of nitrogens with zero attached hydrogens (tertiary/aromatic N) is 1. The number of nitrogens with one attached hydrogen (secondary N) is 1. The van der Waals surface area contributed by atoms with E-state index in [1.165, 1.54) is 10.5 Å². The van der Waals surface area contributed by atoms with Gasteiger partial charge in [0.15, 0.2) is 0 Å². The van der Waals surface area contributed by atoms with Crippen molar-refractivity contribution in [3.63, 3.8) is 0 Å². The van der Waals surface area contributed by atoms with Crippen LogP contribution in [0.25, 0.3) is 0 Å². The lowest BCUT2D eigenvalue weighted by Crippen LogP contribution is -2.17. The van der Waals surface area contributed by atoms with E-state index in [1.807, 2.05) is 11.8 Å². The van der Waals surface area contributed by atoms with Crippen LogP contribution in [0.3, 0.4) is 0 Å². The molecule has 3 heteroatoms. The summed E-state index contributed by atoms with van der Waals surface area (Å²) in [5.41, 5.74) is 1.37. The monoisotopic (exact) mass is 274 g/mol. The van der Waals surface area contributed by atoms with Gasteiger partial charge in [0.2, 0.25) is 0 Å². The highest BCUT2D eigenvalue weighted by atomic mass is 32.2.